The van der Waals surface area contributed by atoms with Gasteiger partial charge in [-0.15, -0.1) is 0 Å². The second kappa shape index (κ2) is 6.61. The van der Waals surface area contributed by atoms with E-state index in [4.69, 9.17) is 0 Å². The lowest BCUT2D eigenvalue weighted by Gasteiger charge is -2.35. The van der Waals surface area contributed by atoms with Crippen LogP contribution in [0.15, 0.2) is 24.3 Å². The molecule has 2 aliphatic heterocycles. The van der Waals surface area contributed by atoms with Crippen molar-refractivity contribution in [2.75, 3.05) is 6.54 Å². The van der Waals surface area contributed by atoms with Crippen LogP contribution in [0, 0.1) is 0 Å². The summed E-state index contributed by atoms with van der Waals surface area (Å²) in [6.45, 7) is 3.97. The highest BCUT2D eigenvalue weighted by Gasteiger charge is 2.31. The summed E-state index contributed by atoms with van der Waals surface area (Å²) in [6.07, 6.45) is 6.78. The molecule has 3 rings (SSSR count). The highest BCUT2D eigenvalue weighted by atomic mass is 16.2. The molecular formula is C18H26N2O. The summed E-state index contributed by atoms with van der Waals surface area (Å²) in [7, 11) is 0. The predicted molar refractivity (Wildman–Crippen MR) is 85.0 cm³/mol. The first kappa shape index (κ1) is 14.6. The molecule has 1 N–H and O–H groups in total. The maximum absolute atomic E-state index is 12.9. The second-order valence-corrected chi connectivity index (χ2v) is 6.35. The van der Waals surface area contributed by atoms with Crippen LogP contribution in [0.25, 0.3) is 0 Å². The van der Waals surface area contributed by atoms with Gasteiger partial charge in [-0.3, -0.25) is 4.79 Å². The van der Waals surface area contributed by atoms with Crippen LogP contribution in [0.4, 0.5) is 0 Å². The van der Waals surface area contributed by atoms with Crippen LogP contribution in [0.5, 0.6) is 0 Å². The van der Waals surface area contributed by atoms with Gasteiger partial charge in [-0.05, 0) is 36.8 Å². The summed E-state index contributed by atoms with van der Waals surface area (Å²) in [6, 6.07) is 8.88. The number of likely N-dealkylation sites (tertiary alicyclic amines) is 1. The van der Waals surface area contributed by atoms with Crippen molar-refractivity contribution in [3.63, 3.8) is 0 Å². The second-order valence-electron chi connectivity index (χ2n) is 6.35. The maximum atomic E-state index is 12.9. The third kappa shape index (κ3) is 3.13. The summed E-state index contributed by atoms with van der Waals surface area (Å²) in [4.78, 5) is 15.1. The van der Waals surface area contributed by atoms with Gasteiger partial charge in [0.1, 0.15) is 0 Å². The van der Waals surface area contributed by atoms with E-state index >= 15 is 0 Å². The number of nitrogens with zero attached hydrogens (tertiary/aromatic N) is 1. The van der Waals surface area contributed by atoms with E-state index in [-0.39, 0.29) is 6.04 Å². The van der Waals surface area contributed by atoms with Crippen LogP contribution in [0.3, 0.4) is 0 Å². The van der Waals surface area contributed by atoms with Gasteiger partial charge >= 0.3 is 0 Å². The lowest BCUT2D eigenvalue weighted by Crippen LogP contribution is -2.52. The van der Waals surface area contributed by atoms with Crippen molar-refractivity contribution < 1.29 is 4.79 Å². The van der Waals surface area contributed by atoms with Gasteiger partial charge in [-0.25, -0.2) is 0 Å². The molecule has 3 nitrogen and oxygen atoms in total. The first-order valence-electron chi connectivity index (χ1n) is 8.40. The van der Waals surface area contributed by atoms with Gasteiger partial charge in [0.15, 0.2) is 0 Å². The molecule has 0 aromatic heterocycles. The summed E-state index contributed by atoms with van der Waals surface area (Å²) in [5.74, 6) is 0.318. The third-order valence-corrected chi connectivity index (χ3v) is 5.01. The lowest BCUT2D eigenvalue weighted by atomic mass is 9.94. The van der Waals surface area contributed by atoms with E-state index in [2.05, 4.69) is 41.4 Å². The average molecular weight is 286 g/mol. The van der Waals surface area contributed by atoms with E-state index in [0.717, 1.165) is 32.4 Å². The van der Waals surface area contributed by atoms with Crippen molar-refractivity contribution >= 4 is 5.91 Å². The van der Waals surface area contributed by atoms with Gasteiger partial charge in [0.25, 0.3) is 0 Å². The Balaban J connectivity index is 1.73. The Morgan fingerprint density at radius 1 is 1.24 bits per heavy atom. The molecule has 0 aliphatic carbocycles. The first-order valence-corrected chi connectivity index (χ1v) is 8.40. The van der Waals surface area contributed by atoms with E-state index in [1.54, 1.807) is 0 Å². The van der Waals surface area contributed by atoms with Crippen molar-refractivity contribution in [2.45, 2.75) is 64.1 Å². The minimum absolute atomic E-state index is 0.0351. The van der Waals surface area contributed by atoms with E-state index in [1.807, 2.05) is 0 Å². The number of carbonyl (C=O) groups is 1. The van der Waals surface area contributed by atoms with Gasteiger partial charge in [0.2, 0.25) is 5.91 Å². The smallest absolute Gasteiger partial charge is 0.240 e. The Morgan fingerprint density at radius 2 is 2.05 bits per heavy atom. The molecule has 1 fully saturated rings. The van der Waals surface area contributed by atoms with Gasteiger partial charge in [-0.1, -0.05) is 44.0 Å². The van der Waals surface area contributed by atoms with Crippen LogP contribution in [-0.4, -0.2) is 29.4 Å². The summed E-state index contributed by atoms with van der Waals surface area (Å²) >= 11 is 0. The molecular weight excluding hydrogens is 260 g/mol. The molecule has 0 spiro atoms. The third-order valence-electron chi connectivity index (χ3n) is 5.01. The molecule has 0 saturated carbocycles. The van der Waals surface area contributed by atoms with Crippen molar-refractivity contribution in [3.8, 4) is 0 Å². The monoisotopic (exact) mass is 286 g/mol. The fourth-order valence-electron chi connectivity index (χ4n) is 3.72. The summed E-state index contributed by atoms with van der Waals surface area (Å²) < 4.78 is 0. The highest BCUT2D eigenvalue weighted by molar-refractivity contribution is 5.83. The minimum Gasteiger partial charge on any atom is -0.338 e. The average Bonchev–Trinajstić information content (AvgIpc) is 2.79. The zero-order valence-corrected chi connectivity index (χ0v) is 13.0. The SMILES string of the molecule is CCC1CCCCCN1C(=O)C1Cc2ccccc2CN1. The largest absolute Gasteiger partial charge is 0.338 e. The van der Waals surface area contributed by atoms with E-state index in [1.165, 1.54) is 30.4 Å². The molecule has 1 aromatic carbocycles. The van der Waals surface area contributed by atoms with Crippen LogP contribution in [0.2, 0.25) is 0 Å². The molecule has 0 bridgehead atoms. The van der Waals surface area contributed by atoms with E-state index in [9.17, 15) is 4.79 Å². The van der Waals surface area contributed by atoms with Crippen LogP contribution >= 0.6 is 0 Å². The standard InChI is InChI=1S/C18H26N2O/c1-2-16-10-4-3-7-11-20(16)18(21)17-12-14-8-5-6-9-15(14)13-19-17/h5-6,8-9,16-17,19H,2-4,7,10-13H2,1H3. The molecule has 2 heterocycles. The number of nitrogens with one attached hydrogen (secondary N) is 1. The van der Waals surface area contributed by atoms with Crippen LogP contribution < -0.4 is 5.32 Å². The molecule has 2 unspecified atom stereocenters. The highest BCUT2D eigenvalue weighted by Crippen LogP contribution is 2.23. The Labute approximate surface area is 127 Å². The Morgan fingerprint density at radius 3 is 2.86 bits per heavy atom. The van der Waals surface area contributed by atoms with Gasteiger partial charge in [0.05, 0.1) is 6.04 Å². The fourth-order valence-corrected chi connectivity index (χ4v) is 3.72. The molecule has 0 radical (unpaired) electrons. The number of rotatable bonds is 2. The number of carbonyl (C=O) groups excluding carboxylic acids is 1. The molecule has 21 heavy (non-hydrogen) atoms. The molecule has 1 amide bonds. The summed E-state index contributed by atoms with van der Waals surface area (Å²) in [5, 5.41) is 3.45. The number of amides is 1. The number of hydrogen-bond donors (Lipinski definition) is 1. The Hall–Kier alpha value is -1.35. The topological polar surface area (TPSA) is 32.3 Å². The minimum atomic E-state index is -0.0351. The van der Waals surface area contributed by atoms with Crippen molar-refractivity contribution in [3.05, 3.63) is 35.4 Å². The molecule has 2 atom stereocenters. The number of fused-ring (bicyclic) bond motifs is 1. The van der Waals surface area contributed by atoms with Gasteiger partial charge in [0, 0.05) is 19.1 Å². The van der Waals surface area contributed by atoms with Gasteiger partial charge in [-0.2, -0.15) is 0 Å². The van der Waals surface area contributed by atoms with Crippen molar-refractivity contribution in [1.82, 2.24) is 10.2 Å². The van der Waals surface area contributed by atoms with Crippen LogP contribution in [0.1, 0.15) is 50.2 Å². The first-order chi connectivity index (χ1) is 10.3. The van der Waals surface area contributed by atoms with E-state index < -0.39 is 0 Å². The molecule has 3 heteroatoms. The van der Waals surface area contributed by atoms with Crippen LogP contribution in [-0.2, 0) is 17.8 Å². The molecule has 2 aliphatic rings. The van der Waals surface area contributed by atoms with Crippen molar-refractivity contribution in [1.29, 1.82) is 0 Å². The maximum Gasteiger partial charge on any atom is 0.240 e. The summed E-state index contributed by atoms with van der Waals surface area (Å²) in [5.41, 5.74) is 2.67. The Bertz CT molecular complexity index is 500. The normalized spacial score (nSPS) is 26.0. The van der Waals surface area contributed by atoms with Gasteiger partial charge < -0.3 is 10.2 Å². The number of benzene rings is 1. The zero-order valence-electron chi connectivity index (χ0n) is 13.0. The Kier molecular flexibility index (Phi) is 4.59. The fraction of sp³-hybridized carbons (Fsp3) is 0.611. The molecule has 1 aromatic rings. The van der Waals surface area contributed by atoms with E-state index in [0.29, 0.717) is 11.9 Å². The molecule has 114 valence electrons. The van der Waals surface area contributed by atoms with Crippen molar-refractivity contribution in [2.24, 2.45) is 0 Å². The zero-order chi connectivity index (χ0) is 14.7. The molecule has 1 saturated heterocycles. The number of hydrogen-bond acceptors (Lipinski definition) is 2. The quantitative estimate of drug-likeness (QED) is 0.906. The predicted octanol–water partition coefficient (Wildman–Crippen LogP) is 2.88. The lowest BCUT2D eigenvalue weighted by molar-refractivity contribution is -0.136.